The molecule has 6 nitrogen and oxygen atoms in total. The minimum absolute atomic E-state index is 0.0758. The van der Waals surface area contributed by atoms with Gasteiger partial charge in [-0.15, -0.1) is 11.8 Å². The van der Waals surface area contributed by atoms with Crippen molar-refractivity contribution in [3.8, 4) is 0 Å². The number of nitrogens with zero attached hydrogens (tertiary/aromatic N) is 2. The summed E-state index contributed by atoms with van der Waals surface area (Å²) in [4.78, 5) is 17.6. The molecule has 0 aliphatic carbocycles. The first-order valence-corrected chi connectivity index (χ1v) is 8.56. The standard InChI is InChI=1S/C15H17ClN4O2S/c1-8(17-2)5-13-19-14(22-20-13)7-12-15(21)18-10-6-9(16)3-4-11(10)23-12/h3-4,6,8,12,17H,5,7H2,1-2H3,(H,18,21). The minimum atomic E-state index is -0.293. The van der Waals surface area contributed by atoms with Crippen LogP contribution in [0.15, 0.2) is 27.6 Å². The van der Waals surface area contributed by atoms with Crippen LogP contribution in [0.2, 0.25) is 5.02 Å². The highest BCUT2D eigenvalue weighted by atomic mass is 35.5. The van der Waals surface area contributed by atoms with E-state index in [-0.39, 0.29) is 17.2 Å². The number of amides is 1. The van der Waals surface area contributed by atoms with Gasteiger partial charge in [-0.25, -0.2) is 0 Å². The molecule has 1 amide bonds. The minimum Gasteiger partial charge on any atom is -0.339 e. The van der Waals surface area contributed by atoms with Crippen molar-refractivity contribution in [1.82, 2.24) is 15.5 Å². The Labute approximate surface area is 143 Å². The molecule has 1 aromatic heterocycles. The molecule has 122 valence electrons. The van der Waals surface area contributed by atoms with E-state index in [0.717, 1.165) is 10.6 Å². The predicted octanol–water partition coefficient (Wildman–Crippen LogP) is 2.53. The summed E-state index contributed by atoms with van der Waals surface area (Å²) in [7, 11) is 1.89. The SMILES string of the molecule is CNC(C)Cc1noc(CC2Sc3ccc(Cl)cc3NC2=O)n1. The smallest absolute Gasteiger partial charge is 0.238 e. The van der Waals surface area contributed by atoms with Gasteiger partial charge >= 0.3 is 0 Å². The van der Waals surface area contributed by atoms with Crippen LogP contribution in [0, 0.1) is 0 Å². The first-order chi connectivity index (χ1) is 11.0. The van der Waals surface area contributed by atoms with Crippen molar-refractivity contribution in [3.05, 3.63) is 34.9 Å². The Morgan fingerprint density at radius 2 is 2.35 bits per heavy atom. The predicted molar refractivity (Wildman–Crippen MR) is 90.0 cm³/mol. The Morgan fingerprint density at radius 1 is 1.52 bits per heavy atom. The van der Waals surface area contributed by atoms with Gasteiger partial charge < -0.3 is 15.2 Å². The Kier molecular flexibility index (Phi) is 4.89. The number of nitrogens with one attached hydrogen (secondary N) is 2. The monoisotopic (exact) mass is 352 g/mol. The second-order valence-corrected chi connectivity index (χ2v) is 7.12. The van der Waals surface area contributed by atoms with Gasteiger partial charge in [0.1, 0.15) is 0 Å². The van der Waals surface area contributed by atoms with E-state index >= 15 is 0 Å². The lowest BCUT2D eigenvalue weighted by molar-refractivity contribution is -0.115. The zero-order valence-corrected chi connectivity index (χ0v) is 14.4. The quantitative estimate of drug-likeness (QED) is 0.860. The van der Waals surface area contributed by atoms with Gasteiger partial charge in [0.15, 0.2) is 5.82 Å². The number of anilines is 1. The van der Waals surface area contributed by atoms with E-state index < -0.39 is 0 Å². The second-order valence-electron chi connectivity index (χ2n) is 5.44. The molecule has 3 rings (SSSR count). The van der Waals surface area contributed by atoms with Crippen molar-refractivity contribution < 1.29 is 9.32 Å². The summed E-state index contributed by atoms with van der Waals surface area (Å²) in [6.07, 6.45) is 1.09. The molecular weight excluding hydrogens is 336 g/mol. The summed E-state index contributed by atoms with van der Waals surface area (Å²) < 4.78 is 5.26. The third kappa shape index (κ3) is 3.85. The molecular formula is C15H17ClN4O2S. The fourth-order valence-electron chi connectivity index (χ4n) is 2.25. The maximum absolute atomic E-state index is 12.2. The van der Waals surface area contributed by atoms with Crippen LogP contribution in [-0.2, 0) is 17.6 Å². The van der Waals surface area contributed by atoms with E-state index in [1.807, 2.05) is 26.1 Å². The number of carbonyl (C=O) groups is 1. The molecule has 0 saturated heterocycles. The van der Waals surface area contributed by atoms with Crippen LogP contribution in [0.3, 0.4) is 0 Å². The summed E-state index contributed by atoms with van der Waals surface area (Å²) in [5, 5.41) is 10.3. The maximum atomic E-state index is 12.2. The van der Waals surface area contributed by atoms with E-state index in [1.54, 1.807) is 6.07 Å². The zero-order chi connectivity index (χ0) is 16.4. The third-order valence-corrected chi connectivity index (χ3v) is 5.12. The van der Waals surface area contributed by atoms with Gasteiger partial charge in [-0.05, 0) is 32.2 Å². The van der Waals surface area contributed by atoms with Crippen molar-refractivity contribution in [2.24, 2.45) is 0 Å². The number of halogens is 1. The summed E-state index contributed by atoms with van der Waals surface area (Å²) in [5.74, 6) is 1.05. The number of carbonyl (C=O) groups excluding carboxylic acids is 1. The molecule has 1 aliphatic rings. The number of benzene rings is 1. The van der Waals surface area contributed by atoms with Crippen LogP contribution in [-0.4, -0.2) is 34.4 Å². The Morgan fingerprint density at radius 3 is 3.13 bits per heavy atom. The van der Waals surface area contributed by atoms with Crippen LogP contribution >= 0.6 is 23.4 Å². The molecule has 1 aliphatic heterocycles. The highest BCUT2D eigenvalue weighted by Gasteiger charge is 2.29. The molecule has 0 fully saturated rings. The number of thioether (sulfide) groups is 1. The highest BCUT2D eigenvalue weighted by Crippen LogP contribution is 2.38. The lowest BCUT2D eigenvalue weighted by Gasteiger charge is -2.23. The molecule has 0 radical (unpaired) electrons. The van der Waals surface area contributed by atoms with Gasteiger partial charge in [0.25, 0.3) is 0 Å². The number of rotatable bonds is 5. The van der Waals surface area contributed by atoms with Gasteiger partial charge in [0.2, 0.25) is 11.8 Å². The average Bonchev–Trinajstić information content (AvgIpc) is 2.95. The molecule has 2 N–H and O–H groups in total. The highest BCUT2D eigenvalue weighted by molar-refractivity contribution is 8.01. The second kappa shape index (κ2) is 6.90. The molecule has 0 spiro atoms. The van der Waals surface area contributed by atoms with Crippen LogP contribution in [0.4, 0.5) is 5.69 Å². The number of hydrogen-bond acceptors (Lipinski definition) is 6. The largest absolute Gasteiger partial charge is 0.339 e. The fraction of sp³-hybridized carbons (Fsp3) is 0.400. The van der Waals surface area contributed by atoms with Gasteiger partial charge in [-0.3, -0.25) is 4.79 Å². The molecule has 8 heteroatoms. The first kappa shape index (κ1) is 16.3. The summed E-state index contributed by atoms with van der Waals surface area (Å²) in [5.41, 5.74) is 0.748. The summed E-state index contributed by atoms with van der Waals surface area (Å²) in [6, 6.07) is 5.74. The van der Waals surface area contributed by atoms with Crippen LogP contribution in [0.1, 0.15) is 18.6 Å². The van der Waals surface area contributed by atoms with E-state index in [4.69, 9.17) is 16.1 Å². The number of likely N-dealkylation sites (N-methyl/N-ethyl adjacent to an activating group) is 1. The number of aromatic nitrogens is 2. The third-order valence-electron chi connectivity index (χ3n) is 3.61. The molecule has 2 heterocycles. The van der Waals surface area contributed by atoms with Crippen molar-refractivity contribution in [2.75, 3.05) is 12.4 Å². The van der Waals surface area contributed by atoms with Crippen molar-refractivity contribution in [3.63, 3.8) is 0 Å². The van der Waals surface area contributed by atoms with Gasteiger partial charge in [0, 0.05) is 28.8 Å². The molecule has 23 heavy (non-hydrogen) atoms. The van der Waals surface area contributed by atoms with Gasteiger partial charge in [-0.2, -0.15) is 4.98 Å². The van der Waals surface area contributed by atoms with E-state index in [9.17, 15) is 4.79 Å². The Balaban J connectivity index is 1.69. The molecule has 2 aromatic rings. The zero-order valence-electron chi connectivity index (χ0n) is 12.8. The van der Waals surface area contributed by atoms with E-state index in [2.05, 4.69) is 20.8 Å². The van der Waals surface area contributed by atoms with E-state index in [0.29, 0.717) is 29.6 Å². The van der Waals surface area contributed by atoms with Crippen molar-refractivity contribution in [1.29, 1.82) is 0 Å². The fourth-order valence-corrected chi connectivity index (χ4v) is 3.50. The molecule has 0 saturated carbocycles. The molecule has 1 aromatic carbocycles. The van der Waals surface area contributed by atoms with Crippen molar-refractivity contribution in [2.45, 2.75) is 36.0 Å². The first-order valence-electron chi connectivity index (χ1n) is 7.31. The normalized spacial score (nSPS) is 18.4. The molecule has 2 unspecified atom stereocenters. The lowest BCUT2D eigenvalue weighted by atomic mass is 10.2. The summed E-state index contributed by atoms with van der Waals surface area (Å²) in [6.45, 7) is 2.04. The Hall–Kier alpha value is -1.57. The lowest BCUT2D eigenvalue weighted by Crippen LogP contribution is -2.30. The van der Waals surface area contributed by atoms with E-state index in [1.165, 1.54) is 11.8 Å². The maximum Gasteiger partial charge on any atom is 0.238 e. The summed E-state index contributed by atoms with van der Waals surface area (Å²) >= 11 is 7.43. The van der Waals surface area contributed by atoms with Crippen molar-refractivity contribution >= 4 is 35.0 Å². The Bertz CT molecular complexity index is 721. The van der Waals surface area contributed by atoms with Crippen LogP contribution in [0.25, 0.3) is 0 Å². The number of fused-ring (bicyclic) bond motifs is 1. The van der Waals surface area contributed by atoms with Crippen LogP contribution < -0.4 is 10.6 Å². The van der Waals surface area contributed by atoms with Gasteiger partial charge in [-0.1, -0.05) is 16.8 Å². The number of hydrogen-bond donors (Lipinski definition) is 2. The average molecular weight is 353 g/mol. The van der Waals surface area contributed by atoms with Gasteiger partial charge in [0.05, 0.1) is 10.9 Å². The molecule has 2 atom stereocenters. The topological polar surface area (TPSA) is 80.0 Å². The van der Waals surface area contributed by atoms with Crippen LogP contribution in [0.5, 0.6) is 0 Å². The molecule has 0 bridgehead atoms.